The van der Waals surface area contributed by atoms with Gasteiger partial charge in [-0.2, -0.15) is 0 Å². The van der Waals surface area contributed by atoms with Gasteiger partial charge in [0.05, 0.1) is 23.5 Å². The summed E-state index contributed by atoms with van der Waals surface area (Å²) < 4.78 is 5.47. The van der Waals surface area contributed by atoms with E-state index >= 15 is 0 Å². The highest BCUT2D eigenvalue weighted by atomic mass is 16.6. The first-order valence-corrected chi connectivity index (χ1v) is 15.8. The predicted octanol–water partition coefficient (Wildman–Crippen LogP) is 6.71. The van der Waals surface area contributed by atoms with Crippen LogP contribution < -0.4 is 20.4 Å². The van der Waals surface area contributed by atoms with Crippen molar-refractivity contribution in [3.05, 3.63) is 54.1 Å². The molecule has 0 bridgehead atoms. The molecular weight excluding hydrogens is 556 g/mol. The number of urea groups is 1. The van der Waals surface area contributed by atoms with Crippen LogP contribution in [0.4, 0.5) is 21.9 Å². The molecule has 1 aliphatic heterocycles. The van der Waals surface area contributed by atoms with Crippen LogP contribution in [0, 0.1) is 5.41 Å². The Morgan fingerprint density at radius 3 is 2.14 bits per heavy atom. The standard InChI is InChI=1S/C35H48N4O5/c1-34(2,3)30(40)23-39-29-20-13-12-19-28(29)38(26-17-10-8-7-9-11-18-26)22-27(31(39)41)37-33(43)36-25-16-14-15-24(21-25)32(42)44-35(4,5)6/h12-16,19-21,26-27H,7-11,17-18,22-23H2,1-6H3,(H2,36,37,43). The lowest BCUT2D eigenvalue weighted by Crippen LogP contribution is -2.55. The van der Waals surface area contributed by atoms with Crippen molar-refractivity contribution in [1.82, 2.24) is 5.32 Å². The van der Waals surface area contributed by atoms with Gasteiger partial charge in [0, 0.05) is 23.7 Å². The molecule has 2 aliphatic rings. The van der Waals surface area contributed by atoms with E-state index in [9.17, 15) is 19.2 Å². The van der Waals surface area contributed by atoms with Crippen LogP contribution in [0.5, 0.6) is 0 Å². The third-order valence-corrected chi connectivity index (χ3v) is 8.14. The molecule has 2 aromatic rings. The van der Waals surface area contributed by atoms with E-state index < -0.39 is 29.1 Å². The molecule has 2 aromatic carbocycles. The van der Waals surface area contributed by atoms with Crippen molar-refractivity contribution < 1.29 is 23.9 Å². The van der Waals surface area contributed by atoms with E-state index in [1.165, 1.54) is 19.3 Å². The average Bonchev–Trinajstić information content (AvgIpc) is 3.02. The van der Waals surface area contributed by atoms with Gasteiger partial charge in [-0.05, 0) is 63.9 Å². The Morgan fingerprint density at radius 2 is 1.50 bits per heavy atom. The molecule has 238 valence electrons. The largest absolute Gasteiger partial charge is 0.456 e. The van der Waals surface area contributed by atoms with E-state index in [0.29, 0.717) is 16.9 Å². The number of carbonyl (C=O) groups excluding carboxylic acids is 4. The SMILES string of the molecule is CC(C)(C)OC(=O)c1cccc(NC(=O)NC2CN(C3CCCCCCC3)c3ccccc3N(CC(=O)C(C)(C)C)C2=O)c1. The molecule has 9 nitrogen and oxygen atoms in total. The molecule has 4 rings (SSSR count). The van der Waals surface area contributed by atoms with Crippen LogP contribution in [0.15, 0.2) is 48.5 Å². The van der Waals surface area contributed by atoms with Crippen molar-refractivity contribution in [2.75, 3.05) is 28.2 Å². The minimum atomic E-state index is -0.908. The Balaban J connectivity index is 1.63. The van der Waals surface area contributed by atoms with Gasteiger partial charge >= 0.3 is 12.0 Å². The van der Waals surface area contributed by atoms with Crippen LogP contribution in [-0.4, -0.2) is 54.5 Å². The fourth-order valence-corrected chi connectivity index (χ4v) is 5.74. The zero-order chi connectivity index (χ0) is 32.1. The summed E-state index contributed by atoms with van der Waals surface area (Å²) in [5.74, 6) is -0.893. The maximum Gasteiger partial charge on any atom is 0.338 e. The lowest BCUT2D eigenvalue weighted by atomic mass is 9.90. The predicted molar refractivity (Wildman–Crippen MR) is 174 cm³/mol. The van der Waals surface area contributed by atoms with Crippen molar-refractivity contribution in [2.45, 2.75) is 104 Å². The topological polar surface area (TPSA) is 108 Å². The number of anilines is 3. The molecule has 1 saturated carbocycles. The molecule has 1 heterocycles. The third-order valence-electron chi connectivity index (χ3n) is 8.14. The highest BCUT2D eigenvalue weighted by Gasteiger charge is 2.39. The molecule has 2 N–H and O–H groups in total. The number of rotatable bonds is 6. The van der Waals surface area contributed by atoms with Gasteiger partial charge in [0.25, 0.3) is 5.91 Å². The lowest BCUT2D eigenvalue weighted by molar-refractivity contribution is -0.127. The number of amides is 3. The van der Waals surface area contributed by atoms with Crippen LogP contribution >= 0.6 is 0 Å². The average molecular weight is 605 g/mol. The summed E-state index contributed by atoms with van der Waals surface area (Å²) in [6.07, 6.45) is 7.82. The number of benzene rings is 2. The minimum Gasteiger partial charge on any atom is -0.456 e. The van der Waals surface area contributed by atoms with Crippen molar-refractivity contribution >= 4 is 40.8 Å². The smallest absolute Gasteiger partial charge is 0.338 e. The summed E-state index contributed by atoms with van der Waals surface area (Å²) in [5.41, 5.74) is 1.00. The zero-order valence-electron chi connectivity index (χ0n) is 27.1. The Hall–Kier alpha value is -3.88. The molecule has 0 spiro atoms. The number of hydrogen-bond acceptors (Lipinski definition) is 6. The molecule has 0 radical (unpaired) electrons. The molecular formula is C35H48N4O5. The van der Waals surface area contributed by atoms with E-state index in [1.807, 2.05) is 45.0 Å². The molecule has 9 heteroatoms. The maximum absolute atomic E-state index is 14.2. The number of hydrogen-bond donors (Lipinski definition) is 2. The Bertz CT molecular complexity index is 1350. The van der Waals surface area contributed by atoms with E-state index in [2.05, 4.69) is 15.5 Å². The van der Waals surface area contributed by atoms with Crippen LogP contribution in [-0.2, 0) is 14.3 Å². The molecule has 44 heavy (non-hydrogen) atoms. The number of carbonyl (C=O) groups is 4. The summed E-state index contributed by atoms with van der Waals surface area (Å²) in [6.45, 7) is 11.1. The molecule has 1 aliphatic carbocycles. The van der Waals surface area contributed by atoms with Crippen molar-refractivity contribution in [1.29, 1.82) is 0 Å². The Morgan fingerprint density at radius 1 is 0.864 bits per heavy atom. The number of nitrogens with one attached hydrogen (secondary N) is 2. The number of fused-ring (bicyclic) bond motifs is 1. The van der Waals surface area contributed by atoms with E-state index in [1.54, 1.807) is 49.9 Å². The highest BCUT2D eigenvalue weighted by Crippen LogP contribution is 2.37. The second-order valence-corrected chi connectivity index (χ2v) is 14.0. The summed E-state index contributed by atoms with van der Waals surface area (Å²) in [6, 6.07) is 13.0. The van der Waals surface area contributed by atoms with Crippen LogP contribution in [0.2, 0.25) is 0 Å². The summed E-state index contributed by atoms with van der Waals surface area (Å²) in [7, 11) is 0. The highest BCUT2D eigenvalue weighted by molar-refractivity contribution is 6.08. The second-order valence-electron chi connectivity index (χ2n) is 14.0. The molecule has 1 unspecified atom stereocenters. The molecule has 3 amide bonds. The summed E-state index contributed by atoms with van der Waals surface area (Å²) in [4.78, 5) is 57.3. The fourth-order valence-electron chi connectivity index (χ4n) is 5.74. The lowest BCUT2D eigenvalue weighted by Gasteiger charge is -2.36. The minimum absolute atomic E-state index is 0.0674. The van der Waals surface area contributed by atoms with Crippen LogP contribution in [0.1, 0.15) is 96.8 Å². The van der Waals surface area contributed by atoms with Crippen LogP contribution in [0.3, 0.4) is 0 Å². The van der Waals surface area contributed by atoms with Gasteiger partial charge in [-0.1, -0.05) is 71.1 Å². The number of para-hydroxylation sites is 2. The summed E-state index contributed by atoms with van der Waals surface area (Å²) in [5, 5.41) is 5.70. The van der Waals surface area contributed by atoms with Crippen molar-refractivity contribution in [3.8, 4) is 0 Å². The first kappa shape index (κ1) is 33.0. The van der Waals surface area contributed by atoms with Crippen LogP contribution in [0.25, 0.3) is 0 Å². The van der Waals surface area contributed by atoms with Gasteiger partial charge in [0.1, 0.15) is 11.6 Å². The number of ketones is 1. The summed E-state index contributed by atoms with van der Waals surface area (Å²) >= 11 is 0. The van der Waals surface area contributed by atoms with E-state index in [0.717, 1.165) is 31.4 Å². The Kier molecular flexibility index (Phi) is 10.4. The number of nitrogens with zero attached hydrogens (tertiary/aromatic N) is 2. The van der Waals surface area contributed by atoms with Gasteiger partial charge in [0.2, 0.25) is 0 Å². The maximum atomic E-state index is 14.2. The van der Waals surface area contributed by atoms with Crippen molar-refractivity contribution in [3.63, 3.8) is 0 Å². The molecule has 0 saturated heterocycles. The quantitative estimate of drug-likeness (QED) is 0.355. The number of Topliss-reactive ketones (excluding diaryl/α,β-unsaturated/α-hetero) is 1. The first-order chi connectivity index (χ1) is 20.7. The number of esters is 1. The van der Waals surface area contributed by atoms with Gasteiger partial charge < -0.3 is 25.2 Å². The van der Waals surface area contributed by atoms with Gasteiger partial charge in [0.15, 0.2) is 5.78 Å². The van der Waals surface area contributed by atoms with E-state index in [4.69, 9.17) is 4.74 Å². The normalized spacial score (nSPS) is 18.4. The fraction of sp³-hybridized carbons (Fsp3) is 0.543. The third kappa shape index (κ3) is 8.61. The second kappa shape index (κ2) is 13.8. The Labute approximate surface area is 261 Å². The monoisotopic (exact) mass is 604 g/mol. The number of ether oxygens (including phenoxy) is 1. The molecule has 0 aromatic heterocycles. The van der Waals surface area contributed by atoms with Gasteiger partial charge in [-0.3, -0.25) is 9.59 Å². The van der Waals surface area contributed by atoms with E-state index in [-0.39, 0.29) is 30.8 Å². The van der Waals surface area contributed by atoms with Crippen molar-refractivity contribution in [2.24, 2.45) is 5.41 Å². The molecule has 1 atom stereocenters. The first-order valence-electron chi connectivity index (χ1n) is 15.8. The van der Waals surface area contributed by atoms with Gasteiger partial charge in [-0.15, -0.1) is 0 Å². The zero-order valence-corrected chi connectivity index (χ0v) is 27.1. The van der Waals surface area contributed by atoms with Gasteiger partial charge in [-0.25, -0.2) is 9.59 Å². The molecule has 1 fully saturated rings.